The number of carbonyl (C=O) groups excluding carboxylic acids is 1. The highest BCUT2D eigenvalue weighted by Crippen LogP contribution is 2.68. The van der Waals surface area contributed by atoms with Gasteiger partial charge in [0.1, 0.15) is 5.60 Å². The average Bonchev–Trinajstić information content (AvgIpc) is 3.15. The summed E-state index contributed by atoms with van der Waals surface area (Å²) in [6.07, 6.45) is 13.2. The molecule has 3 saturated carbocycles. The maximum Gasteiger partial charge on any atom is 0.306 e. The van der Waals surface area contributed by atoms with E-state index in [2.05, 4.69) is 26.8 Å². The van der Waals surface area contributed by atoms with Crippen LogP contribution in [0.2, 0.25) is 0 Å². The number of hydrogen-bond donors (Lipinski definition) is 1. The Hall–Kier alpha value is -0.830. The fraction of sp³-hybridized carbons (Fsp3) is 0.875. The number of aliphatic hydroxyl groups is 1. The lowest BCUT2D eigenvalue weighted by atomic mass is 9.46. The molecule has 1 heterocycles. The molecule has 0 aromatic heterocycles. The molecule has 4 aliphatic carbocycles. The van der Waals surface area contributed by atoms with E-state index < -0.39 is 0 Å². The van der Waals surface area contributed by atoms with Crippen molar-refractivity contribution < 1.29 is 14.6 Å². The van der Waals surface area contributed by atoms with Crippen molar-refractivity contribution in [1.82, 2.24) is 0 Å². The Balaban J connectivity index is 1.44. The molecule has 0 aromatic carbocycles. The average molecular weight is 373 g/mol. The maximum atomic E-state index is 11.9. The minimum Gasteiger partial charge on any atom is -0.459 e. The van der Waals surface area contributed by atoms with Crippen molar-refractivity contribution in [3.63, 3.8) is 0 Å². The molecule has 27 heavy (non-hydrogen) atoms. The van der Waals surface area contributed by atoms with Crippen molar-refractivity contribution in [3.8, 4) is 0 Å². The van der Waals surface area contributed by atoms with Crippen molar-refractivity contribution in [2.24, 2.45) is 34.5 Å². The quantitative estimate of drug-likeness (QED) is 0.519. The van der Waals surface area contributed by atoms with Crippen molar-refractivity contribution in [1.29, 1.82) is 0 Å². The summed E-state index contributed by atoms with van der Waals surface area (Å²) in [5.41, 5.74) is 1.95. The lowest BCUT2D eigenvalue weighted by molar-refractivity contribution is -0.158. The van der Waals surface area contributed by atoms with Gasteiger partial charge in [-0.3, -0.25) is 4.79 Å². The molecule has 0 aromatic rings. The van der Waals surface area contributed by atoms with Gasteiger partial charge < -0.3 is 9.84 Å². The molecule has 3 nitrogen and oxygen atoms in total. The Kier molecular flexibility index (Phi) is 3.94. The Morgan fingerprint density at radius 2 is 1.85 bits per heavy atom. The van der Waals surface area contributed by atoms with Crippen LogP contribution in [0.15, 0.2) is 11.6 Å². The highest BCUT2D eigenvalue weighted by Gasteiger charge is 2.62. The highest BCUT2D eigenvalue weighted by molar-refractivity contribution is 5.72. The minimum absolute atomic E-state index is 0.0109. The van der Waals surface area contributed by atoms with E-state index in [1.54, 1.807) is 5.57 Å². The molecule has 0 bridgehead atoms. The minimum atomic E-state index is -0.234. The predicted molar refractivity (Wildman–Crippen MR) is 105 cm³/mol. The number of hydrogen-bond acceptors (Lipinski definition) is 3. The molecule has 1 aliphatic heterocycles. The molecule has 1 N–H and O–H groups in total. The number of aliphatic hydroxyl groups excluding tert-OH is 1. The molecule has 1 saturated heterocycles. The second-order valence-electron chi connectivity index (χ2n) is 11.1. The summed E-state index contributed by atoms with van der Waals surface area (Å²) >= 11 is 0. The van der Waals surface area contributed by atoms with Gasteiger partial charge in [0.25, 0.3) is 0 Å². The first-order valence-corrected chi connectivity index (χ1v) is 11.4. The molecule has 5 aliphatic rings. The van der Waals surface area contributed by atoms with E-state index in [1.165, 1.54) is 32.1 Å². The topological polar surface area (TPSA) is 46.5 Å². The van der Waals surface area contributed by atoms with Crippen LogP contribution in [0.5, 0.6) is 0 Å². The Morgan fingerprint density at radius 1 is 1.04 bits per heavy atom. The largest absolute Gasteiger partial charge is 0.459 e. The summed E-state index contributed by atoms with van der Waals surface area (Å²) < 4.78 is 5.92. The zero-order valence-electron chi connectivity index (χ0n) is 17.3. The second kappa shape index (κ2) is 5.84. The standard InChI is InChI=1S/C24H36O3/c1-22-11-8-16(25)14-15(22)4-5-17-18-6-7-20(23(18,2)12-9-19(17)22)24(3)13-10-21(26)27-24/h4,16-20,25H,5-14H2,1-3H3/t16-,17+,18-,19+,20+,22-,23-,24+/m0/s1. The van der Waals surface area contributed by atoms with E-state index in [1.807, 2.05) is 0 Å². The fourth-order valence-electron chi connectivity index (χ4n) is 8.60. The molecule has 3 heteroatoms. The summed E-state index contributed by atoms with van der Waals surface area (Å²) in [6.45, 7) is 7.23. The van der Waals surface area contributed by atoms with Crippen molar-refractivity contribution in [2.45, 2.75) is 96.7 Å². The van der Waals surface area contributed by atoms with Crippen LogP contribution in [0.1, 0.15) is 85.0 Å². The lowest BCUT2D eigenvalue weighted by Crippen LogP contribution is -2.53. The number of fused-ring (bicyclic) bond motifs is 5. The molecule has 0 spiro atoms. The van der Waals surface area contributed by atoms with Gasteiger partial charge >= 0.3 is 5.97 Å². The van der Waals surface area contributed by atoms with Gasteiger partial charge in [-0.1, -0.05) is 25.5 Å². The Morgan fingerprint density at radius 3 is 2.59 bits per heavy atom. The molecule has 5 rings (SSSR count). The van der Waals surface area contributed by atoms with Crippen LogP contribution in [0.4, 0.5) is 0 Å². The Bertz CT molecular complexity index is 683. The van der Waals surface area contributed by atoms with Crippen LogP contribution in [-0.2, 0) is 9.53 Å². The van der Waals surface area contributed by atoms with E-state index in [0.29, 0.717) is 23.2 Å². The van der Waals surface area contributed by atoms with Crippen molar-refractivity contribution in [2.75, 3.05) is 0 Å². The summed E-state index contributed by atoms with van der Waals surface area (Å²) in [5.74, 6) is 2.85. The van der Waals surface area contributed by atoms with Crippen LogP contribution in [-0.4, -0.2) is 22.8 Å². The third-order valence-electron chi connectivity index (χ3n) is 9.99. The van der Waals surface area contributed by atoms with Crippen LogP contribution in [0.3, 0.4) is 0 Å². The van der Waals surface area contributed by atoms with Crippen molar-refractivity contribution >= 4 is 5.97 Å². The van der Waals surface area contributed by atoms with Gasteiger partial charge in [0, 0.05) is 12.3 Å². The molecule has 0 amide bonds. The van der Waals surface area contributed by atoms with Gasteiger partial charge in [0.2, 0.25) is 0 Å². The van der Waals surface area contributed by atoms with Crippen LogP contribution >= 0.6 is 0 Å². The molecular weight excluding hydrogens is 336 g/mol. The van der Waals surface area contributed by atoms with Gasteiger partial charge in [-0.25, -0.2) is 0 Å². The van der Waals surface area contributed by atoms with Gasteiger partial charge in [0.15, 0.2) is 0 Å². The molecule has 0 radical (unpaired) electrons. The van der Waals surface area contributed by atoms with E-state index in [9.17, 15) is 9.90 Å². The summed E-state index contributed by atoms with van der Waals surface area (Å²) in [6, 6.07) is 0. The van der Waals surface area contributed by atoms with Gasteiger partial charge in [0.05, 0.1) is 6.10 Å². The number of cyclic esters (lactones) is 1. The van der Waals surface area contributed by atoms with Gasteiger partial charge in [-0.2, -0.15) is 0 Å². The zero-order chi connectivity index (χ0) is 19.0. The summed E-state index contributed by atoms with van der Waals surface area (Å²) in [4.78, 5) is 11.9. The van der Waals surface area contributed by atoms with Gasteiger partial charge in [-0.15, -0.1) is 0 Å². The van der Waals surface area contributed by atoms with E-state index in [-0.39, 0.29) is 17.7 Å². The number of rotatable bonds is 1. The van der Waals surface area contributed by atoms with Gasteiger partial charge in [-0.05, 0) is 93.3 Å². The number of esters is 1. The molecule has 4 fully saturated rings. The smallest absolute Gasteiger partial charge is 0.306 e. The summed E-state index contributed by atoms with van der Waals surface area (Å²) in [5, 5.41) is 10.2. The molecular formula is C24H36O3. The van der Waals surface area contributed by atoms with Crippen LogP contribution in [0, 0.1) is 34.5 Å². The lowest BCUT2D eigenvalue weighted by Gasteiger charge is -2.58. The normalized spacial score (nSPS) is 54.6. The zero-order valence-corrected chi connectivity index (χ0v) is 17.3. The fourth-order valence-corrected chi connectivity index (χ4v) is 8.60. The number of ether oxygens (including phenoxy) is 1. The molecule has 0 unspecified atom stereocenters. The molecule has 150 valence electrons. The highest BCUT2D eigenvalue weighted by atomic mass is 16.6. The molecule has 8 atom stereocenters. The SMILES string of the molecule is C[C@]12CC[C@@H]3[C@H](CC=C4C[C@@H](O)CC[C@@]43C)[C@@H]1CC[C@H]2[C@@]1(C)CCC(=O)O1. The van der Waals surface area contributed by atoms with Crippen molar-refractivity contribution in [3.05, 3.63) is 11.6 Å². The third-order valence-corrected chi connectivity index (χ3v) is 9.99. The van der Waals surface area contributed by atoms with Crippen LogP contribution < -0.4 is 0 Å². The monoisotopic (exact) mass is 372 g/mol. The first-order valence-electron chi connectivity index (χ1n) is 11.4. The van der Waals surface area contributed by atoms with E-state index in [4.69, 9.17) is 4.74 Å². The first-order chi connectivity index (χ1) is 12.8. The van der Waals surface area contributed by atoms with Crippen LogP contribution in [0.25, 0.3) is 0 Å². The van der Waals surface area contributed by atoms with E-state index >= 15 is 0 Å². The first kappa shape index (κ1) is 18.2. The maximum absolute atomic E-state index is 11.9. The third kappa shape index (κ3) is 2.46. The number of carbonyl (C=O) groups is 1. The Labute approximate surface area is 163 Å². The van der Waals surface area contributed by atoms with E-state index in [0.717, 1.165) is 43.4 Å². The second-order valence-corrected chi connectivity index (χ2v) is 11.1. The predicted octanol–water partition coefficient (Wildman–Crippen LogP) is 5.02. The summed E-state index contributed by atoms with van der Waals surface area (Å²) in [7, 11) is 0. The number of allylic oxidation sites excluding steroid dienone is 1.